The number of amides is 1. The van der Waals surface area contributed by atoms with Gasteiger partial charge >= 0.3 is 0 Å². The van der Waals surface area contributed by atoms with E-state index in [2.05, 4.69) is 64.5 Å². The second kappa shape index (κ2) is 10.3. The molecule has 1 spiro atoms. The number of rotatable bonds is 5. The number of halogens is 1. The number of carbonyl (C=O) groups is 1. The van der Waals surface area contributed by atoms with Gasteiger partial charge in [-0.25, -0.2) is 0 Å². The van der Waals surface area contributed by atoms with Crippen LogP contribution < -0.4 is 5.32 Å². The summed E-state index contributed by atoms with van der Waals surface area (Å²) in [6, 6.07) is 19.3. The van der Waals surface area contributed by atoms with Gasteiger partial charge in [-0.1, -0.05) is 72.8 Å². The molecule has 178 valence electrons. The Morgan fingerprint density at radius 1 is 1.00 bits per heavy atom. The third-order valence-corrected chi connectivity index (χ3v) is 9.52. The Labute approximate surface area is 212 Å². The van der Waals surface area contributed by atoms with Crippen LogP contribution in [0.1, 0.15) is 42.9 Å². The van der Waals surface area contributed by atoms with E-state index in [-0.39, 0.29) is 16.8 Å². The molecule has 0 radical (unpaired) electrons. The Hall–Kier alpha value is -1.97. The van der Waals surface area contributed by atoms with Crippen LogP contribution in [-0.4, -0.2) is 65.2 Å². The predicted molar refractivity (Wildman–Crippen MR) is 141 cm³/mol. The first-order valence-corrected chi connectivity index (χ1v) is 13.8. The average Bonchev–Trinajstić information content (AvgIpc) is 3.47. The molecule has 1 N–H and O–H groups in total. The number of nitrogens with one attached hydrogen (secondary N) is 1. The SMILES string of the molecule is O=C1CSC2(CCCC2)N1CC#CC[N+]1(C(c2ccccc2)c2ccc(Cl)cc2)CCNCC1. The summed E-state index contributed by atoms with van der Waals surface area (Å²) < 4.78 is 0.888. The van der Waals surface area contributed by atoms with Gasteiger partial charge in [0.2, 0.25) is 5.91 Å². The lowest BCUT2D eigenvalue weighted by molar-refractivity contribution is -0.946. The van der Waals surface area contributed by atoms with Crippen LogP contribution in [0.3, 0.4) is 0 Å². The average molecular weight is 495 g/mol. The predicted octanol–water partition coefficient (Wildman–Crippen LogP) is 4.70. The number of benzene rings is 2. The lowest BCUT2D eigenvalue weighted by Crippen LogP contribution is -2.60. The summed E-state index contributed by atoms with van der Waals surface area (Å²) >= 11 is 8.08. The lowest BCUT2D eigenvalue weighted by atomic mass is 9.93. The third kappa shape index (κ3) is 4.75. The van der Waals surface area contributed by atoms with Crippen LogP contribution in [-0.2, 0) is 4.79 Å². The van der Waals surface area contributed by atoms with Crippen molar-refractivity contribution in [2.75, 3.05) is 45.0 Å². The Morgan fingerprint density at radius 3 is 2.38 bits per heavy atom. The molecule has 2 aliphatic heterocycles. The first kappa shape index (κ1) is 23.8. The van der Waals surface area contributed by atoms with Crippen LogP contribution in [0.25, 0.3) is 0 Å². The molecule has 2 aromatic carbocycles. The topological polar surface area (TPSA) is 32.3 Å². The van der Waals surface area contributed by atoms with Gasteiger partial charge in [-0.3, -0.25) is 4.79 Å². The quantitative estimate of drug-likeness (QED) is 0.483. The summed E-state index contributed by atoms with van der Waals surface area (Å²) in [5.74, 6) is 7.85. The van der Waals surface area contributed by atoms with Gasteiger partial charge in [-0.05, 0) is 30.9 Å². The van der Waals surface area contributed by atoms with Crippen molar-refractivity contribution in [3.05, 3.63) is 70.7 Å². The van der Waals surface area contributed by atoms with Crippen LogP contribution in [0.5, 0.6) is 0 Å². The highest BCUT2D eigenvalue weighted by Gasteiger charge is 2.47. The molecule has 3 aliphatic rings. The minimum Gasteiger partial charge on any atom is -0.316 e. The van der Waals surface area contributed by atoms with E-state index in [0.717, 1.165) is 55.1 Å². The fourth-order valence-corrected chi connectivity index (χ4v) is 7.53. The maximum absolute atomic E-state index is 12.6. The number of piperazine rings is 1. The fourth-order valence-electron chi connectivity index (χ4n) is 5.95. The van der Waals surface area contributed by atoms with Gasteiger partial charge in [0.05, 0.1) is 30.3 Å². The van der Waals surface area contributed by atoms with E-state index < -0.39 is 0 Å². The maximum Gasteiger partial charge on any atom is 0.234 e. The minimum atomic E-state index is 0.0168. The van der Waals surface area contributed by atoms with Crippen molar-refractivity contribution < 1.29 is 9.28 Å². The van der Waals surface area contributed by atoms with Gasteiger partial charge < -0.3 is 14.7 Å². The molecule has 34 heavy (non-hydrogen) atoms. The summed E-state index contributed by atoms with van der Waals surface area (Å²) in [6.07, 6.45) is 4.67. The van der Waals surface area contributed by atoms with Gasteiger partial charge in [0.15, 0.2) is 0 Å². The van der Waals surface area contributed by atoms with E-state index in [1.54, 1.807) is 0 Å². The molecule has 1 saturated carbocycles. The van der Waals surface area contributed by atoms with Crippen LogP contribution >= 0.6 is 23.4 Å². The molecule has 0 bridgehead atoms. The molecule has 1 atom stereocenters. The number of carbonyl (C=O) groups excluding carboxylic acids is 1. The summed E-state index contributed by atoms with van der Waals surface area (Å²) in [5, 5.41) is 4.30. The molecule has 1 aliphatic carbocycles. The van der Waals surface area contributed by atoms with Crippen molar-refractivity contribution in [1.82, 2.24) is 10.2 Å². The second-order valence-corrected chi connectivity index (χ2v) is 11.5. The molecule has 2 aromatic rings. The molecular formula is C28H33ClN3OS+. The van der Waals surface area contributed by atoms with Crippen molar-refractivity contribution in [2.24, 2.45) is 0 Å². The molecule has 0 aromatic heterocycles. The van der Waals surface area contributed by atoms with E-state index in [1.165, 1.54) is 24.0 Å². The van der Waals surface area contributed by atoms with Crippen molar-refractivity contribution in [2.45, 2.75) is 36.6 Å². The van der Waals surface area contributed by atoms with Crippen molar-refractivity contribution >= 4 is 29.3 Å². The number of hydrogen-bond donors (Lipinski definition) is 1. The number of hydrogen-bond acceptors (Lipinski definition) is 3. The Morgan fingerprint density at radius 2 is 1.68 bits per heavy atom. The summed E-state index contributed by atoms with van der Waals surface area (Å²) in [6.45, 7) is 5.30. The van der Waals surface area contributed by atoms with Gasteiger partial charge in [0, 0.05) is 29.2 Å². The van der Waals surface area contributed by atoms with Crippen molar-refractivity contribution in [3.63, 3.8) is 0 Å². The second-order valence-electron chi connectivity index (χ2n) is 9.71. The van der Waals surface area contributed by atoms with Crippen LogP contribution in [0.2, 0.25) is 5.02 Å². The van der Waals surface area contributed by atoms with Crippen LogP contribution in [0.15, 0.2) is 54.6 Å². The molecule has 3 fully saturated rings. The smallest absolute Gasteiger partial charge is 0.234 e. The molecule has 1 amide bonds. The Balaban J connectivity index is 1.43. The largest absolute Gasteiger partial charge is 0.316 e. The number of thioether (sulfide) groups is 1. The molecule has 2 saturated heterocycles. The van der Waals surface area contributed by atoms with E-state index in [1.807, 2.05) is 23.9 Å². The van der Waals surface area contributed by atoms with Crippen LogP contribution in [0, 0.1) is 11.8 Å². The number of quaternary nitrogens is 1. The monoisotopic (exact) mass is 494 g/mol. The zero-order valence-electron chi connectivity index (χ0n) is 19.6. The molecule has 5 rings (SSSR count). The summed E-state index contributed by atoms with van der Waals surface area (Å²) in [5.41, 5.74) is 2.58. The first-order chi connectivity index (χ1) is 16.6. The third-order valence-electron chi connectivity index (χ3n) is 7.71. The highest BCUT2D eigenvalue weighted by atomic mass is 35.5. The highest BCUT2D eigenvalue weighted by Crippen LogP contribution is 2.48. The molecular weight excluding hydrogens is 462 g/mol. The van der Waals surface area contributed by atoms with Crippen molar-refractivity contribution in [3.8, 4) is 11.8 Å². The van der Waals surface area contributed by atoms with Gasteiger partial charge in [-0.15, -0.1) is 11.8 Å². The highest BCUT2D eigenvalue weighted by molar-refractivity contribution is 8.01. The number of nitrogens with zero attached hydrogens (tertiary/aromatic N) is 2. The molecule has 1 unspecified atom stereocenters. The fraction of sp³-hybridized carbons (Fsp3) is 0.464. The lowest BCUT2D eigenvalue weighted by Gasteiger charge is -2.46. The molecule has 2 heterocycles. The zero-order chi connectivity index (χ0) is 23.4. The van der Waals surface area contributed by atoms with Gasteiger partial charge in [0.25, 0.3) is 0 Å². The Kier molecular flexibility index (Phi) is 7.22. The van der Waals surface area contributed by atoms with E-state index in [9.17, 15) is 4.79 Å². The summed E-state index contributed by atoms with van der Waals surface area (Å²) in [4.78, 5) is 14.7. The van der Waals surface area contributed by atoms with Crippen LogP contribution in [0.4, 0.5) is 0 Å². The molecule has 6 heteroatoms. The summed E-state index contributed by atoms with van der Waals surface area (Å²) in [7, 11) is 0. The van der Waals surface area contributed by atoms with Crippen molar-refractivity contribution in [1.29, 1.82) is 0 Å². The Bertz CT molecular complexity index is 1050. The minimum absolute atomic E-state index is 0.0168. The normalized spacial score (nSPS) is 21.9. The van der Waals surface area contributed by atoms with E-state index >= 15 is 0 Å². The van der Waals surface area contributed by atoms with E-state index in [0.29, 0.717) is 12.3 Å². The molecule has 4 nitrogen and oxygen atoms in total. The first-order valence-electron chi connectivity index (χ1n) is 12.4. The standard InChI is InChI=1S/C28H33ClN3OS/c29-25-12-10-24(11-13-25)27(23-8-2-1-3-9-23)32(20-16-30-17-21-32)19-7-6-18-31-26(33)22-34-28(31)14-4-5-15-28/h1-3,8-13,27,30H,4-5,14-22H2/q+1. The van der Waals surface area contributed by atoms with E-state index in [4.69, 9.17) is 11.6 Å². The van der Waals surface area contributed by atoms with Gasteiger partial charge in [0.1, 0.15) is 12.6 Å². The maximum atomic E-state index is 12.6. The van der Waals surface area contributed by atoms with Gasteiger partial charge in [-0.2, -0.15) is 0 Å². The zero-order valence-corrected chi connectivity index (χ0v) is 21.2.